The monoisotopic (exact) mass is 225 g/mol. The molecule has 4 nitrogen and oxygen atoms in total. The summed E-state index contributed by atoms with van der Waals surface area (Å²) >= 11 is 0. The molecule has 0 spiro atoms. The maximum Gasteiger partial charge on any atom is 0.249 e. The highest BCUT2D eigenvalue weighted by Gasteiger charge is 2.18. The lowest BCUT2D eigenvalue weighted by molar-refractivity contribution is -0.126. The van der Waals surface area contributed by atoms with Crippen molar-refractivity contribution in [2.45, 2.75) is 13.3 Å². The Labute approximate surface area is 98.3 Å². The maximum atomic E-state index is 12.0. The molecule has 0 bridgehead atoms. The third-order valence-corrected chi connectivity index (χ3v) is 2.97. The van der Waals surface area contributed by atoms with Crippen LogP contribution in [0.2, 0.25) is 0 Å². The fourth-order valence-electron chi connectivity index (χ4n) is 1.68. The van der Waals surface area contributed by atoms with E-state index in [1.807, 2.05) is 18.9 Å². The number of rotatable bonds is 5. The summed E-state index contributed by atoms with van der Waals surface area (Å²) < 4.78 is 0. The molecular formula is C12H23N3O. The number of nitrogens with one attached hydrogen (secondary N) is 1. The highest BCUT2D eigenvalue weighted by molar-refractivity contribution is 5.93. The molecule has 0 aromatic heterocycles. The first kappa shape index (κ1) is 13.2. The topological polar surface area (TPSA) is 35.6 Å². The van der Waals surface area contributed by atoms with Gasteiger partial charge in [0.1, 0.15) is 0 Å². The second-order valence-corrected chi connectivity index (χ2v) is 4.72. The fourth-order valence-corrected chi connectivity index (χ4v) is 1.68. The van der Waals surface area contributed by atoms with Crippen molar-refractivity contribution in [3.05, 3.63) is 11.1 Å². The van der Waals surface area contributed by atoms with Crippen LogP contribution in [-0.4, -0.2) is 63.0 Å². The zero-order valence-electron chi connectivity index (χ0n) is 10.8. The van der Waals surface area contributed by atoms with Crippen molar-refractivity contribution in [3.8, 4) is 0 Å². The predicted molar refractivity (Wildman–Crippen MR) is 66.4 cm³/mol. The first-order valence-corrected chi connectivity index (χ1v) is 5.82. The Morgan fingerprint density at radius 2 is 1.88 bits per heavy atom. The van der Waals surface area contributed by atoms with Crippen molar-refractivity contribution < 1.29 is 4.79 Å². The van der Waals surface area contributed by atoms with Crippen LogP contribution in [0.1, 0.15) is 13.3 Å². The molecule has 1 rings (SSSR count). The van der Waals surface area contributed by atoms with Crippen LogP contribution in [0.3, 0.4) is 0 Å². The smallest absolute Gasteiger partial charge is 0.249 e. The summed E-state index contributed by atoms with van der Waals surface area (Å²) in [4.78, 5) is 15.9. The highest BCUT2D eigenvalue weighted by atomic mass is 16.2. The first-order valence-electron chi connectivity index (χ1n) is 5.82. The van der Waals surface area contributed by atoms with Crippen molar-refractivity contribution in [1.29, 1.82) is 0 Å². The van der Waals surface area contributed by atoms with Gasteiger partial charge in [0, 0.05) is 32.3 Å². The molecule has 1 fully saturated rings. The zero-order valence-corrected chi connectivity index (χ0v) is 10.8. The van der Waals surface area contributed by atoms with Crippen molar-refractivity contribution in [2.24, 2.45) is 0 Å². The number of hydrogen-bond donors (Lipinski definition) is 1. The summed E-state index contributed by atoms with van der Waals surface area (Å²) in [6.07, 6.45) is 1.02. The van der Waals surface area contributed by atoms with E-state index in [9.17, 15) is 4.79 Å². The summed E-state index contributed by atoms with van der Waals surface area (Å²) in [7, 11) is 5.98. The molecular weight excluding hydrogens is 202 g/mol. The van der Waals surface area contributed by atoms with E-state index in [1.165, 1.54) is 5.57 Å². The van der Waals surface area contributed by atoms with Crippen LogP contribution in [0, 0.1) is 0 Å². The van der Waals surface area contributed by atoms with Gasteiger partial charge in [0.2, 0.25) is 5.91 Å². The molecule has 1 N–H and O–H groups in total. The van der Waals surface area contributed by atoms with Gasteiger partial charge in [-0.05, 0) is 39.6 Å². The van der Waals surface area contributed by atoms with E-state index < -0.39 is 0 Å². The molecule has 0 aromatic rings. The lowest BCUT2D eigenvalue weighted by Crippen LogP contribution is -2.38. The maximum absolute atomic E-state index is 12.0. The van der Waals surface area contributed by atoms with Gasteiger partial charge in [0.05, 0.1) is 0 Å². The van der Waals surface area contributed by atoms with Crippen molar-refractivity contribution in [3.63, 3.8) is 0 Å². The minimum Gasteiger partial charge on any atom is -0.342 e. The second-order valence-electron chi connectivity index (χ2n) is 4.72. The van der Waals surface area contributed by atoms with Crippen LogP contribution >= 0.6 is 0 Å². The van der Waals surface area contributed by atoms with Crippen LogP contribution in [0.4, 0.5) is 0 Å². The van der Waals surface area contributed by atoms with Crippen molar-refractivity contribution >= 4 is 5.91 Å². The molecule has 92 valence electrons. The number of hydrogen-bond acceptors (Lipinski definition) is 3. The zero-order chi connectivity index (χ0) is 12.1. The van der Waals surface area contributed by atoms with E-state index in [4.69, 9.17) is 0 Å². The fraction of sp³-hybridized carbons (Fsp3) is 0.750. The quantitative estimate of drug-likeness (QED) is 0.684. The van der Waals surface area contributed by atoms with Gasteiger partial charge in [-0.3, -0.25) is 4.79 Å². The van der Waals surface area contributed by atoms with Gasteiger partial charge in [-0.25, -0.2) is 0 Å². The van der Waals surface area contributed by atoms with Crippen LogP contribution < -0.4 is 5.32 Å². The Bertz CT molecular complexity index is 278. The molecule has 0 atom stereocenters. The van der Waals surface area contributed by atoms with Gasteiger partial charge in [-0.15, -0.1) is 0 Å². The molecule has 1 heterocycles. The van der Waals surface area contributed by atoms with Gasteiger partial charge in [0.15, 0.2) is 0 Å². The van der Waals surface area contributed by atoms with E-state index in [1.54, 1.807) is 0 Å². The molecule has 16 heavy (non-hydrogen) atoms. The summed E-state index contributed by atoms with van der Waals surface area (Å²) in [5.41, 5.74) is 2.18. The van der Waals surface area contributed by atoms with E-state index >= 15 is 0 Å². The Balaban J connectivity index is 2.35. The number of nitrogens with zero attached hydrogens (tertiary/aromatic N) is 2. The average molecular weight is 225 g/mol. The third kappa shape index (κ3) is 3.61. The van der Waals surface area contributed by atoms with Crippen LogP contribution in [0.25, 0.3) is 0 Å². The van der Waals surface area contributed by atoms with E-state index in [-0.39, 0.29) is 5.91 Å². The molecule has 0 radical (unpaired) electrons. The van der Waals surface area contributed by atoms with Crippen molar-refractivity contribution in [2.75, 3.05) is 47.3 Å². The first-order chi connectivity index (χ1) is 7.52. The largest absolute Gasteiger partial charge is 0.342 e. The summed E-state index contributed by atoms with van der Waals surface area (Å²) in [6.45, 7) is 5.54. The molecule has 1 aliphatic rings. The standard InChI is InChI=1S/C12H23N3O/c1-10(11-8-13-9-11)12(16)15(4)7-5-6-14(2)3/h13H,5-9H2,1-4H3. The Hall–Kier alpha value is -0.870. The summed E-state index contributed by atoms with van der Waals surface area (Å²) in [6, 6.07) is 0. The molecule has 0 aliphatic carbocycles. The summed E-state index contributed by atoms with van der Waals surface area (Å²) in [5, 5.41) is 3.16. The van der Waals surface area contributed by atoms with Crippen LogP contribution in [-0.2, 0) is 4.79 Å². The van der Waals surface area contributed by atoms with Gasteiger partial charge in [-0.2, -0.15) is 0 Å². The summed E-state index contributed by atoms with van der Waals surface area (Å²) in [5.74, 6) is 0.176. The second kappa shape index (κ2) is 6.01. The lowest BCUT2D eigenvalue weighted by Gasteiger charge is -2.25. The average Bonchev–Trinajstić information content (AvgIpc) is 2.13. The molecule has 4 heteroatoms. The molecule has 1 saturated heterocycles. The SMILES string of the molecule is CC(C(=O)N(C)CCCN(C)C)=C1CNC1. The lowest BCUT2D eigenvalue weighted by atomic mass is 10.0. The highest BCUT2D eigenvalue weighted by Crippen LogP contribution is 2.11. The van der Waals surface area contributed by atoms with Gasteiger partial charge in [-0.1, -0.05) is 0 Å². The minimum atomic E-state index is 0.176. The Morgan fingerprint density at radius 3 is 2.31 bits per heavy atom. The van der Waals surface area contributed by atoms with E-state index in [0.29, 0.717) is 0 Å². The number of amides is 1. The Morgan fingerprint density at radius 1 is 1.25 bits per heavy atom. The number of carbonyl (C=O) groups is 1. The normalized spacial score (nSPS) is 14.9. The van der Waals surface area contributed by atoms with Gasteiger partial charge >= 0.3 is 0 Å². The minimum absolute atomic E-state index is 0.176. The van der Waals surface area contributed by atoms with Crippen LogP contribution in [0.15, 0.2) is 11.1 Å². The molecule has 1 amide bonds. The van der Waals surface area contributed by atoms with E-state index in [2.05, 4.69) is 24.3 Å². The molecule has 0 aromatic carbocycles. The molecule has 0 saturated carbocycles. The number of carbonyl (C=O) groups excluding carboxylic acids is 1. The van der Waals surface area contributed by atoms with E-state index in [0.717, 1.165) is 38.2 Å². The van der Waals surface area contributed by atoms with Gasteiger partial charge in [0.25, 0.3) is 0 Å². The Kier molecular flexibility index (Phi) is 4.96. The van der Waals surface area contributed by atoms with Crippen molar-refractivity contribution in [1.82, 2.24) is 15.1 Å². The van der Waals surface area contributed by atoms with Gasteiger partial charge < -0.3 is 15.1 Å². The van der Waals surface area contributed by atoms with Crippen LogP contribution in [0.5, 0.6) is 0 Å². The third-order valence-electron chi connectivity index (χ3n) is 2.97. The molecule has 0 unspecified atom stereocenters. The number of likely N-dealkylation sites (N-methyl/N-ethyl adjacent to an activating group) is 1. The predicted octanol–water partition coefficient (Wildman–Crippen LogP) is 0.316. The molecule has 1 aliphatic heterocycles.